The van der Waals surface area contributed by atoms with Gasteiger partial charge in [-0.25, -0.2) is 0 Å². The first kappa shape index (κ1) is 28.7. The van der Waals surface area contributed by atoms with Crippen molar-refractivity contribution in [3.05, 3.63) is 28.8 Å². The highest BCUT2D eigenvalue weighted by molar-refractivity contribution is 5.88. The molecular formula is C30H52N2O2. The lowest BCUT2D eigenvalue weighted by Crippen LogP contribution is -2.64. The zero-order chi connectivity index (χ0) is 26.5. The lowest BCUT2D eigenvalue weighted by atomic mass is 9.71. The first-order chi connectivity index (χ1) is 15.2. The van der Waals surface area contributed by atoms with Crippen LogP contribution in [0.1, 0.15) is 126 Å². The SMILES string of the molecule is CCN(C(=O)C(C)(CC)c1cc(C(C)(C)C)c(O)c(C(C)(C)C)c1)C1CC(C)(C)NC(C)(C)C1. The summed E-state index contributed by atoms with van der Waals surface area (Å²) in [6.07, 6.45) is 2.58. The molecule has 34 heavy (non-hydrogen) atoms. The highest BCUT2D eigenvalue weighted by atomic mass is 16.3. The first-order valence-corrected chi connectivity index (χ1v) is 13.2. The standard InChI is InChI=1S/C30H52N2O2/c1-14-30(13,20-16-22(26(3,4)5)24(33)23(17-20)27(6,7)8)25(34)32(15-2)21-18-28(9,10)31-29(11,12)19-21/h16-17,21,31,33H,14-15,18-19H2,1-13H3. The van der Waals surface area contributed by atoms with Crippen molar-refractivity contribution < 1.29 is 9.90 Å². The molecule has 4 heteroatoms. The summed E-state index contributed by atoms with van der Waals surface area (Å²) in [6.45, 7) is 28.7. The van der Waals surface area contributed by atoms with E-state index in [9.17, 15) is 9.90 Å². The zero-order valence-corrected chi connectivity index (χ0v) is 24.4. The van der Waals surface area contributed by atoms with Gasteiger partial charge in [-0.15, -0.1) is 0 Å². The Kier molecular flexibility index (Phi) is 7.72. The van der Waals surface area contributed by atoms with Gasteiger partial charge in [0.15, 0.2) is 0 Å². The van der Waals surface area contributed by atoms with Crippen LogP contribution in [0, 0.1) is 0 Å². The molecule has 1 saturated heterocycles. The lowest BCUT2D eigenvalue weighted by molar-refractivity contribution is -0.141. The summed E-state index contributed by atoms with van der Waals surface area (Å²) < 4.78 is 0. The molecule has 1 atom stereocenters. The van der Waals surface area contributed by atoms with Crippen LogP contribution in [0.3, 0.4) is 0 Å². The van der Waals surface area contributed by atoms with Crippen LogP contribution in [-0.2, 0) is 21.0 Å². The Morgan fingerprint density at radius 2 is 1.35 bits per heavy atom. The highest BCUT2D eigenvalue weighted by Crippen LogP contribution is 2.44. The molecule has 1 amide bonds. The monoisotopic (exact) mass is 472 g/mol. The normalized spacial score (nSPS) is 20.6. The van der Waals surface area contributed by atoms with E-state index < -0.39 is 5.41 Å². The van der Waals surface area contributed by atoms with Gasteiger partial charge in [-0.2, -0.15) is 0 Å². The molecule has 1 aliphatic heterocycles. The van der Waals surface area contributed by atoms with Gasteiger partial charge in [-0.1, -0.05) is 60.6 Å². The molecule has 0 bridgehead atoms. The van der Waals surface area contributed by atoms with Crippen LogP contribution in [0.25, 0.3) is 0 Å². The zero-order valence-electron chi connectivity index (χ0n) is 24.4. The van der Waals surface area contributed by atoms with Crippen molar-refractivity contribution in [3.8, 4) is 5.75 Å². The number of phenolic OH excluding ortho intramolecular Hbond substituents is 1. The fourth-order valence-corrected chi connectivity index (χ4v) is 5.95. The average Bonchev–Trinajstić information content (AvgIpc) is 2.63. The van der Waals surface area contributed by atoms with Crippen LogP contribution in [0.4, 0.5) is 0 Å². The van der Waals surface area contributed by atoms with Gasteiger partial charge in [0.1, 0.15) is 5.75 Å². The summed E-state index contributed by atoms with van der Waals surface area (Å²) in [4.78, 5) is 16.5. The number of amides is 1. The van der Waals surface area contributed by atoms with Gasteiger partial charge >= 0.3 is 0 Å². The molecule has 0 radical (unpaired) electrons. The number of hydrogen-bond donors (Lipinski definition) is 2. The third-order valence-electron chi connectivity index (χ3n) is 7.75. The number of aromatic hydroxyl groups is 1. The Balaban J connectivity index is 2.65. The minimum atomic E-state index is -0.664. The van der Waals surface area contributed by atoms with Crippen LogP contribution in [0.15, 0.2) is 12.1 Å². The molecule has 2 rings (SSSR count). The van der Waals surface area contributed by atoms with Gasteiger partial charge in [0.05, 0.1) is 5.41 Å². The van der Waals surface area contributed by atoms with Gasteiger partial charge in [0.2, 0.25) is 5.91 Å². The van der Waals surface area contributed by atoms with Crippen LogP contribution in [0.2, 0.25) is 0 Å². The first-order valence-electron chi connectivity index (χ1n) is 13.2. The van der Waals surface area contributed by atoms with E-state index >= 15 is 0 Å². The second kappa shape index (κ2) is 9.15. The number of nitrogens with zero attached hydrogens (tertiary/aromatic N) is 1. The number of carbonyl (C=O) groups excluding carboxylic acids is 1. The maximum absolute atomic E-state index is 14.4. The number of piperidine rings is 1. The molecule has 1 fully saturated rings. The third kappa shape index (κ3) is 5.80. The topological polar surface area (TPSA) is 52.6 Å². The molecule has 0 aliphatic carbocycles. The molecule has 2 N–H and O–H groups in total. The third-order valence-corrected chi connectivity index (χ3v) is 7.75. The largest absolute Gasteiger partial charge is 0.507 e. The van der Waals surface area contributed by atoms with Gasteiger partial charge in [-0.3, -0.25) is 4.79 Å². The van der Waals surface area contributed by atoms with Crippen molar-refractivity contribution in [3.63, 3.8) is 0 Å². The predicted molar refractivity (Wildman–Crippen MR) is 145 cm³/mol. The molecule has 1 aromatic carbocycles. The fraction of sp³-hybridized carbons (Fsp3) is 0.767. The van der Waals surface area contributed by atoms with Crippen molar-refractivity contribution in [1.82, 2.24) is 10.2 Å². The average molecular weight is 473 g/mol. The summed E-state index contributed by atoms with van der Waals surface area (Å²) in [5.41, 5.74) is 1.65. The predicted octanol–water partition coefficient (Wildman–Crippen LogP) is 6.81. The van der Waals surface area contributed by atoms with E-state index in [1.54, 1.807) is 0 Å². The van der Waals surface area contributed by atoms with E-state index in [2.05, 4.69) is 112 Å². The quantitative estimate of drug-likeness (QED) is 0.495. The van der Waals surface area contributed by atoms with Gasteiger partial charge in [0.25, 0.3) is 0 Å². The summed E-state index contributed by atoms with van der Waals surface area (Å²) >= 11 is 0. The second-order valence-electron chi connectivity index (χ2n) is 14.2. The fourth-order valence-electron chi connectivity index (χ4n) is 5.95. The lowest BCUT2D eigenvalue weighted by Gasteiger charge is -2.50. The highest BCUT2D eigenvalue weighted by Gasteiger charge is 2.45. The van der Waals surface area contributed by atoms with E-state index in [0.29, 0.717) is 18.7 Å². The molecule has 1 aliphatic rings. The number of phenols is 1. The van der Waals surface area contributed by atoms with Crippen LogP contribution in [0.5, 0.6) is 5.75 Å². The summed E-state index contributed by atoms with van der Waals surface area (Å²) in [5.74, 6) is 0.560. The molecule has 1 heterocycles. The van der Waals surface area contributed by atoms with Crippen LogP contribution < -0.4 is 5.32 Å². The van der Waals surface area contributed by atoms with Crippen molar-refractivity contribution in [2.45, 2.75) is 143 Å². The summed E-state index contributed by atoms with van der Waals surface area (Å²) in [5, 5.41) is 15.0. The van der Waals surface area contributed by atoms with E-state index in [1.165, 1.54) is 0 Å². The van der Waals surface area contributed by atoms with Gasteiger partial charge in [0, 0.05) is 23.7 Å². The molecule has 0 spiro atoms. The number of carbonyl (C=O) groups is 1. The van der Waals surface area contributed by atoms with E-state index in [-0.39, 0.29) is 33.9 Å². The van der Waals surface area contributed by atoms with Crippen LogP contribution >= 0.6 is 0 Å². The summed E-state index contributed by atoms with van der Waals surface area (Å²) in [7, 11) is 0. The minimum absolute atomic E-state index is 0.0277. The Morgan fingerprint density at radius 1 is 0.941 bits per heavy atom. The molecular weight excluding hydrogens is 420 g/mol. The number of rotatable bonds is 5. The van der Waals surface area contributed by atoms with Crippen molar-refractivity contribution in [1.29, 1.82) is 0 Å². The Morgan fingerprint density at radius 3 is 1.68 bits per heavy atom. The molecule has 1 unspecified atom stereocenters. The van der Waals surface area contributed by atoms with Crippen molar-refractivity contribution >= 4 is 5.91 Å². The van der Waals surface area contributed by atoms with E-state index in [4.69, 9.17) is 0 Å². The molecule has 0 saturated carbocycles. The van der Waals surface area contributed by atoms with Crippen molar-refractivity contribution in [2.75, 3.05) is 6.54 Å². The molecule has 194 valence electrons. The maximum atomic E-state index is 14.4. The van der Waals surface area contributed by atoms with Crippen LogP contribution in [-0.4, -0.2) is 39.6 Å². The number of benzene rings is 1. The van der Waals surface area contributed by atoms with Crippen molar-refractivity contribution in [2.24, 2.45) is 0 Å². The molecule has 0 aromatic heterocycles. The number of hydrogen-bond acceptors (Lipinski definition) is 3. The van der Waals surface area contributed by atoms with Gasteiger partial charge < -0.3 is 15.3 Å². The summed E-state index contributed by atoms with van der Waals surface area (Å²) in [6, 6.07) is 4.38. The second-order valence-corrected chi connectivity index (χ2v) is 14.2. The number of nitrogens with one attached hydrogen (secondary N) is 1. The van der Waals surface area contributed by atoms with E-state index in [1.807, 2.05) is 0 Å². The Hall–Kier alpha value is -1.55. The molecule has 4 nitrogen and oxygen atoms in total. The Labute approximate surface area is 209 Å². The van der Waals surface area contributed by atoms with Gasteiger partial charge in [-0.05, 0) is 88.3 Å². The Bertz CT molecular complexity index is 850. The van der Waals surface area contributed by atoms with E-state index in [0.717, 1.165) is 29.5 Å². The molecule has 1 aromatic rings. The smallest absolute Gasteiger partial charge is 0.233 e. The maximum Gasteiger partial charge on any atom is 0.233 e. The number of likely N-dealkylation sites (N-methyl/N-ethyl adjacent to an activating group) is 1. The minimum Gasteiger partial charge on any atom is -0.507 e.